The Morgan fingerprint density at radius 2 is 1.52 bits per heavy atom. The highest BCUT2D eigenvalue weighted by molar-refractivity contribution is 6.21. The number of carbonyl (C=O) groups is 13. The van der Waals surface area contributed by atoms with Crippen LogP contribution in [0.25, 0.3) is 0 Å². The van der Waals surface area contributed by atoms with Crippen LogP contribution in [0.4, 0.5) is 0 Å². The van der Waals surface area contributed by atoms with E-state index in [1.54, 1.807) is 6.92 Å². The number of aliphatic hydroxyl groups is 3. The van der Waals surface area contributed by atoms with Gasteiger partial charge in [0.05, 0.1) is 25.8 Å². The van der Waals surface area contributed by atoms with Gasteiger partial charge in [0.15, 0.2) is 5.60 Å². The zero-order valence-electron chi connectivity index (χ0n) is 60.1. The number of aromatic hydroxyl groups is 1. The minimum Gasteiger partial charge on any atom is -0.508 e. The Kier molecular flexibility index (Phi) is 33.4. The van der Waals surface area contributed by atoms with E-state index in [0.717, 1.165) is 49.0 Å². The van der Waals surface area contributed by atoms with Crippen molar-refractivity contribution < 1.29 is 97.0 Å². The number of nitrogens with two attached hydrogens (primary N) is 2. The maximum Gasteiger partial charge on any atom is 0.332 e. The molecule has 18 atom stereocenters. The lowest BCUT2D eigenvalue weighted by Gasteiger charge is -2.47. The Labute approximate surface area is 593 Å². The molecular weight excluding hydrogens is 1340 g/mol. The largest absolute Gasteiger partial charge is 0.508 e. The van der Waals surface area contributed by atoms with Crippen LogP contribution < -0.4 is 59.3 Å². The smallest absolute Gasteiger partial charge is 0.332 e. The van der Waals surface area contributed by atoms with Gasteiger partial charge in [0.2, 0.25) is 59.1 Å². The summed E-state index contributed by atoms with van der Waals surface area (Å²) in [7, 11) is 3.51. The predicted octanol–water partition coefficient (Wildman–Crippen LogP) is -2.55. The van der Waals surface area contributed by atoms with Gasteiger partial charge in [-0.05, 0) is 96.8 Å². The van der Waals surface area contributed by atoms with Crippen molar-refractivity contribution in [2.24, 2.45) is 35.1 Å². The van der Waals surface area contributed by atoms with Gasteiger partial charge in [-0.3, -0.25) is 57.5 Å². The number of amides is 12. The Bertz CT molecular complexity index is 3240. The second-order valence-electron chi connectivity index (χ2n) is 26.4. The molecule has 33 nitrogen and oxygen atoms in total. The summed E-state index contributed by atoms with van der Waals surface area (Å²) in [5.41, 5.74) is 7.95. The number of hydrogen-bond acceptors (Lipinski definition) is 21. The van der Waals surface area contributed by atoms with Crippen LogP contribution in [0.2, 0.25) is 0 Å². The Balaban J connectivity index is 2.23. The normalized spacial score (nSPS) is 25.4. The summed E-state index contributed by atoms with van der Waals surface area (Å²) in [6.45, 7) is 16.1. The van der Waals surface area contributed by atoms with Gasteiger partial charge in [-0.15, -0.1) is 11.6 Å². The molecule has 564 valence electrons. The van der Waals surface area contributed by atoms with E-state index >= 15 is 19.2 Å². The van der Waals surface area contributed by atoms with Crippen LogP contribution in [0.1, 0.15) is 121 Å². The molecule has 0 bridgehead atoms. The third-order valence-electron chi connectivity index (χ3n) is 17.8. The number of aliphatic hydroxyl groups excluding tert-OH is 2. The van der Waals surface area contributed by atoms with Crippen molar-refractivity contribution in [1.29, 1.82) is 0 Å². The fourth-order valence-corrected chi connectivity index (χ4v) is 11.6. The summed E-state index contributed by atoms with van der Waals surface area (Å²) < 4.78 is 17.5. The average Bonchev–Trinajstić information content (AvgIpc) is 0.762. The van der Waals surface area contributed by atoms with Crippen LogP contribution in [0, 0.1) is 23.7 Å². The van der Waals surface area contributed by atoms with Gasteiger partial charge in [0.1, 0.15) is 77.6 Å². The minimum atomic E-state index is -2.43. The SMILES string of the molecule is C/C=C(\NC(=O)CNC(=O)C(C)(O)C(O)/C=C\C(C)=C\C(C)CC)C(=O)N[C@H](C(=O)N[C@H](C(=O)N[C@H]1C(=O)N[C@H](COC)C(=O)NCC(=O)N[C@@H](C)C(=O)N(C)[C@@H]([C@@H](C)O)C(=O)N[C@H]([C@H](OC)c2ccc(O)cc2)C(=O)N2CC[C@H](Cl)C[C@@]2(C)C(=O)O[C@@H]1C(C)C)[C@@H](C)[C@@H](C)C(N)=O)[C@H](C)N. The van der Waals surface area contributed by atoms with Crippen LogP contribution in [-0.2, 0) is 76.5 Å². The Morgan fingerprint density at radius 3 is 2.07 bits per heavy atom. The van der Waals surface area contributed by atoms with E-state index in [2.05, 4.69) is 47.9 Å². The molecule has 1 aromatic rings. The van der Waals surface area contributed by atoms with Gasteiger partial charge in [-0.25, -0.2) is 4.79 Å². The number of likely N-dealkylation sites (N-methyl/N-ethyl adjacent to an activating group) is 1. The standard InChI is InChI=1S/C67H104ClN13O20/c1-17-33(5)27-34(6)19-24-45(84)67(13,98)64(96)72-30-47(86)74-43(18-2)57(89)77-49(37(9)69)59(91)76-48(35(7)36(8)55(70)87)58(90)78-50-53(32(3)4)101-65(97)66(12)28-41(68)25-26-81(66)63(95)51(54(100-16)40-20-22-42(83)23-21-40)79-61(93)52(39(11)82)80(14)62(94)38(10)73-46(85)29-71-56(88)44(31-99-15)75-60(50)92/h18-24,27,32-33,35-39,41,44-45,48-54,82-84,98H,17,25-26,28-31,69H2,1-16H3,(H2,70,87)(H,71,88)(H,72,96)(H,73,85)(H,74,86)(H,75,92)(H,76,91)(H,77,89)(H,78,90)(H,79,93)/b24-19-,34-27+,43-18-/t33?,35-,36+,37-,38-,39+,41-,44+,45?,48-,49-,50+,51+,52-,53+,54+,66-,67?/m0/s1. The molecule has 0 saturated carbocycles. The van der Waals surface area contributed by atoms with E-state index in [0.29, 0.717) is 0 Å². The summed E-state index contributed by atoms with van der Waals surface area (Å²) in [5.74, 6) is -18.0. The van der Waals surface area contributed by atoms with E-state index in [-0.39, 0.29) is 36.6 Å². The monoisotopic (exact) mass is 1450 g/mol. The lowest BCUT2D eigenvalue weighted by atomic mass is 9.86. The number of ether oxygens (including phenoxy) is 3. The molecule has 2 fully saturated rings. The molecule has 101 heavy (non-hydrogen) atoms. The number of alkyl halides is 1. The number of rotatable bonds is 26. The average molecular weight is 1450 g/mol. The van der Waals surface area contributed by atoms with E-state index in [1.807, 2.05) is 19.9 Å². The summed E-state index contributed by atoms with van der Waals surface area (Å²) in [5, 5.41) is 63.8. The van der Waals surface area contributed by atoms with E-state index in [1.165, 1.54) is 106 Å². The van der Waals surface area contributed by atoms with Crippen LogP contribution >= 0.6 is 11.6 Å². The first kappa shape index (κ1) is 86.6. The highest BCUT2D eigenvalue weighted by atomic mass is 35.5. The zero-order valence-corrected chi connectivity index (χ0v) is 60.9. The highest BCUT2D eigenvalue weighted by Gasteiger charge is 2.53. The number of phenolic OH excluding ortho intramolecular Hbond substituents is 1. The van der Waals surface area contributed by atoms with Crippen molar-refractivity contribution in [2.75, 3.05) is 47.5 Å². The van der Waals surface area contributed by atoms with Crippen molar-refractivity contribution in [2.45, 2.75) is 199 Å². The van der Waals surface area contributed by atoms with Gasteiger partial charge in [-0.1, -0.05) is 90.0 Å². The number of methoxy groups -OCH3 is 2. The molecule has 0 spiro atoms. The molecule has 2 saturated heterocycles. The number of phenols is 1. The van der Waals surface area contributed by atoms with E-state index in [4.69, 9.17) is 37.3 Å². The van der Waals surface area contributed by atoms with Crippen molar-refractivity contribution >= 4 is 88.5 Å². The number of halogens is 1. The summed E-state index contributed by atoms with van der Waals surface area (Å²) >= 11 is 6.84. The molecule has 3 rings (SSSR count). The lowest BCUT2D eigenvalue weighted by molar-refractivity contribution is -0.176. The number of fused-ring (bicyclic) bond motifs is 1. The summed E-state index contributed by atoms with van der Waals surface area (Å²) in [6, 6.07) is -8.69. The van der Waals surface area contributed by atoms with Gasteiger partial charge in [-0.2, -0.15) is 0 Å². The fourth-order valence-electron chi connectivity index (χ4n) is 11.2. The van der Waals surface area contributed by atoms with Crippen molar-refractivity contribution in [3.8, 4) is 5.75 Å². The number of hydrogen-bond donors (Lipinski definition) is 15. The molecule has 2 aliphatic rings. The van der Waals surface area contributed by atoms with Gasteiger partial charge >= 0.3 is 5.97 Å². The first-order chi connectivity index (χ1) is 47.0. The quantitative estimate of drug-likeness (QED) is 0.0196. The van der Waals surface area contributed by atoms with Crippen LogP contribution in [-0.4, -0.2) is 238 Å². The molecule has 2 aliphatic heterocycles. The Morgan fingerprint density at radius 1 is 0.901 bits per heavy atom. The number of nitrogens with zero attached hydrogens (tertiary/aromatic N) is 2. The topological polar surface area (TPSA) is 497 Å². The molecule has 3 unspecified atom stereocenters. The van der Waals surface area contributed by atoms with Crippen LogP contribution in [0.15, 0.2) is 59.8 Å². The molecule has 2 heterocycles. The van der Waals surface area contributed by atoms with Crippen molar-refractivity contribution in [3.63, 3.8) is 0 Å². The number of piperidine rings is 1. The zero-order chi connectivity index (χ0) is 76.9. The molecule has 0 radical (unpaired) electrons. The third kappa shape index (κ3) is 23.7. The summed E-state index contributed by atoms with van der Waals surface area (Å²) in [4.78, 5) is 187. The van der Waals surface area contributed by atoms with E-state index < -0.39 is 209 Å². The number of nitrogens with one attached hydrogen (secondary N) is 9. The minimum absolute atomic E-state index is 0.0354. The molecule has 12 amide bonds. The summed E-state index contributed by atoms with van der Waals surface area (Å²) in [6.07, 6.45) is -0.349. The molecule has 0 aliphatic carbocycles. The first-order valence-electron chi connectivity index (χ1n) is 33.1. The van der Waals surface area contributed by atoms with Crippen LogP contribution in [0.3, 0.4) is 0 Å². The maximum absolute atomic E-state index is 15.6. The lowest BCUT2D eigenvalue weighted by Crippen LogP contribution is -2.67. The second-order valence-corrected chi connectivity index (χ2v) is 27.0. The molecule has 17 N–H and O–H groups in total. The first-order valence-corrected chi connectivity index (χ1v) is 33.6. The van der Waals surface area contributed by atoms with E-state index in [9.17, 15) is 63.6 Å². The molecule has 1 aromatic carbocycles. The number of allylic oxidation sites excluding steroid dienone is 4. The number of cyclic esters (lactones) is 1. The molecular formula is C67H104ClN13O20. The van der Waals surface area contributed by atoms with Crippen LogP contribution in [0.5, 0.6) is 5.75 Å². The molecule has 34 heteroatoms. The second kappa shape index (κ2) is 39.0. The van der Waals surface area contributed by atoms with Gasteiger partial charge in [0.25, 0.3) is 11.8 Å². The maximum atomic E-state index is 15.6. The molecule has 0 aromatic heterocycles. The van der Waals surface area contributed by atoms with Crippen molar-refractivity contribution in [1.82, 2.24) is 57.7 Å². The van der Waals surface area contributed by atoms with Crippen molar-refractivity contribution in [3.05, 3.63) is 65.4 Å². The van der Waals surface area contributed by atoms with Gasteiger partial charge in [0, 0.05) is 45.1 Å². The number of primary amides is 1. The third-order valence-corrected chi connectivity index (χ3v) is 18.2. The number of benzene rings is 1. The number of carbonyl (C=O) groups excluding carboxylic acids is 13. The van der Waals surface area contributed by atoms with Gasteiger partial charge < -0.3 is 104 Å². The highest BCUT2D eigenvalue weighted by Crippen LogP contribution is 2.36. The number of esters is 1. The fraction of sp³-hybridized carbons (Fsp3) is 0.627. The Hall–Kier alpha value is -8.60. The predicted molar refractivity (Wildman–Crippen MR) is 367 cm³/mol.